The Kier molecular flexibility index (Phi) is 4.51. The van der Waals surface area contributed by atoms with Gasteiger partial charge in [0, 0.05) is 6.42 Å². The molecule has 0 fully saturated rings. The molecule has 3 rings (SSSR count). The second-order valence-electron chi connectivity index (χ2n) is 5.55. The maximum absolute atomic E-state index is 12.4. The van der Waals surface area contributed by atoms with E-state index in [0.717, 1.165) is 21.1 Å². The Morgan fingerprint density at radius 2 is 1.79 bits per heavy atom. The van der Waals surface area contributed by atoms with Crippen molar-refractivity contribution < 1.29 is 12.9 Å². The minimum Gasteiger partial charge on any atom is -0.333 e. The summed E-state index contributed by atoms with van der Waals surface area (Å²) in [4.78, 5) is 9.75. The number of rotatable bonds is 5. The van der Waals surface area contributed by atoms with Gasteiger partial charge in [-0.1, -0.05) is 22.9 Å². The van der Waals surface area contributed by atoms with Gasteiger partial charge in [0.25, 0.3) is 5.89 Å². The summed E-state index contributed by atoms with van der Waals surface area (Å²) in [7, 11) is -3.37. The lowest BCUT2D eigenvalue weighted by molar-refractivity contribution is 0.424. The summed E-state index contributed by atoms with van der Waals surface area (Å²) in [6, 6.07) is 6.81. The topological polar surface area (TPSA) is 86.0 Å². The lowest BCUT2D eigenvalue weighted by Gasteiger charge is -2.03. The first-order valence-electron chi connectivity index (χ1n) is 7.41. The normalized spacial score (nSPS) is 11.8. The van der Waals surface area contributed by atoms with E-state index in [1.807, 2.05) is 20.8 Å². The Morgan fingerprint density at radius 1 is 1.08 bits per heavy atom. The summed E-state index contributed by atoms with van der Waals surface area (Å²) < 4.78 is 30.0. The molecule has 126 valence electrons. The molecule has 6 nitrogen and oxygen atoms in total. The first-order valence-corrected chi connectivity index (χ1v) is 9.88. The summed E-state index contributed by atoms with van der Waals surface area (Å²) in [5.41, 5.74) is 1.85. The van der Waals surface area contributed by atoms with Crippen molar-refractivity contribution in [3.8, 4) is 10.8 Å². The van der Waals surface area contributed by atoms with Gasteiger partial charge in [-0.05, 0) is 32.9 Å². The number of aryl methyl sites for hydroxylation is 4. The van der Waals surface area contributed by atoms with E-state index < -0.39 is 9.84 Å². The van der Waals surface area contributed by atoms with E-state index in [-0.39, 0.29) is 12.2 Å². The van der Waals surface area contributed by atoms with Gasteiger partial charge in [-0.15, -0.1) is 11.3 Å². The summed E-state index contributed by atoms with van der Waals surface area (Å²) >= 11 is 1.48. The van der Waals surface area contributed by atoms with Gasteiger partial charge in [-0.3, -0.25) is 0 Å². The van der Waals surface area contributed by atoms with Crippen molar-refractivity contribution in [1.29, 1.82) is 0 Å². The zero-order valence-corrected chi connectivity index (χ0v) is 15.2. The molecule has 1 aromatic carbocycles. The van der Waals surface area contributed by atoms with Crippen LogP contribution in [-0.2, 0) is 16.3 Å². The zero-order valence-electron chi connectivity index (χ0n) is 13.6. The van der Waals surface area contributed by atoms with Crippen LogP contribution in [0.3, 0.4) is 0 Å². The van der Waals surface area contributed by atoms with Crippen molar-refractivity contribution in [3.63, 3.8) is 0 Å². The van der Waals surface area contributed by atoms with Crippen molar-refractivity contribution in [3.05, 3.63) is 46.4 Å². The number of aromatic nitrogens is 3. The Labute approximate surface area is 144 Å². The van der Waals surface area contributed by atoms with Crippen molar-refractivity contribution >= 4 is 21.2 Å². The van der Waals surface area contributed by atoms with E-state index in [9.17, 15) is 8.42 Å². The maximum Gasteiger partial charge on any atom is 0.269 e. The fourth-order valence-electron chi connectivity index (χ4n) is 2.27. The van der Waals surface area contributed by atoms with Crippen molar-refractivity contribution in [2.45, 2.75) is 32.1 Å². The third-order valence-electron chi connectivity index (χ3n) is 3.54. The second kappa shape index (κ2) is 6.45. The number of sulfone groups is 1. The average Bonchev–Trinajstić information content (AvgIpc) is 3.12. The predicted octanol–water partition coefficient (Wildman–Crippen LogP) is 3.13. The smallest absolute Gasteiger partial charge is 0.269 e. The molecule has 0 amide bonds. The van der Waals surface area contributed by atoms with Crippen LogP contribution in [0.5, 0.6) is 0 Å². The quantitative estimate of drug-likeness (QED) is 0.692. The van der Waals surface area contributed by atoms with Crippen LogP contribution in [0.1, 0.15) is 22.1 Å². The van der Waals surface area contributed by atoms with Gasteiger partial charge < -0.3 is 4.52 Å². The predicted molar refractivity (Wildman–Crippen MR) is 91.8 cm³/mol. The number of nitrogens with zero attached hydrogens (tertiary/aromatic N) is 3. The van der Waals surface area contributed by atoms with Crippen LogP contribution in [0.15, 0.2) is 33.7 Å². The van der Waals surface area contributed by atoms with Crippen LogP contribution >= 0.6 is 11.3 Å². The highest BCUT2D eigenvalue weighted by Crippen LogP contribution is 2.28. The van der Waals surface area contributed by atoms with Crippen LogP contribution in [0.2, 0.25) is 0 Å². The first-order chi connectivity index (χ1) is 11.3. The standard InChI is InChI=1S/C16H17N3O3S2/c1-10-4-6-13(7-5-10)24(20,21)9-8-14-18-16(22-19-14)15-11(2)17-12(3)23-15/h4-7H,8-9H2,1-3H3. The third kappa shape index (κ3) is 3.54. The third-order valence-corrected chi connectivity index (χ3v) is 6.33. The lowest BCUT2D eigenvalue weighted by atomic mass is 10.2. The molecule has 0 unspecified atom stereocenters. The minimum atomic E-state index is -3.37. The van der Waals surface area contributed by atoms with Gasteiger partial charge in [0.2, 0.25) is 0 Å². The van der Waals surface area contributed by atoms with Gasteiger partial charge in [0.15, 0.2) is 15.7 Å². The fourth-order valence-corrected chi connectivity index (χ4v) is 4.35. The average molecular weight is 363 g/mol. The molecule has 0 saturated heterocycles. The summed E-state index contributed by atoms with van der Waals surface area (Å²) in [5.74, 6) is 0.711. The van der Waals surface area contributed by atoms with E-state index in [1.54, 1.807) is 24.3 Å². The molecule has 0 aliphatic carbocycles. The second-order valence-corrected chi connectivity index (χ2v) is 8.86. The van der Waals surface area contributed by atoms with E-state index >= 15 is 0 Å². The minimum absolute atomic E-state index is 0.0598. The SMILES string of the molecule is Cc1ccc(S(=O)(=O)CCc2noc(-c3sc(C)nc3C)n2)cc1. The Balaban J connectivity index is 1.73. The molecule has 0 N–H and O–H groups in total. The largest absolute Gasteiger partial charge is 0.333 e. The van der Waals surface area contributed by atoms with Crippen LogP contribution in [-0.4, -0.2) is 29.3 Å². The van der Waals surface area contributed by atoms with Crippen molar-refractivity contribution in [1.82, 2.24) is 15.1 Å². The number of hydrogen-bond acceptors (Lipinski definition) is 7. The van der Waals surface area contributed by atoms with E-state index in [4.69, 9.17) is 4.52 Å². The van der Waals surface area contributed by atoms with E-state index in [2.05, 4.69) is 15.1 Å². The molecule has 0 bridgehead atoms. The molecule has 24 heavy (non-hydrogen) atoms. The molecule has 0 atom stereocenters. The molecular formula is C16H17N3O3S2. The molecule has 3 aromatic rings. The van der Waals surface area contributed by atoms with Crippen molar-refractivity contribution in [2.24, 2.45) is 0 Å². The Hall–Kier alpha value is -2.06. The first kappa shape index (κ1) is 16.8. The van der Waals surface area contributed by atoms with Gasteiger partial charge in [-0.25, -0.2) is 13.4 Å². The van der Waals surface area contributed by atoms with E-state index in [1.165, 1.54) is 11.3 Å². The molecule has 2 heterocycles. The lowest BCUT2D eigenvalue weighted by Crippen LogP contribution is -2.10. The highest BCUT2D eigenvalue weighted by Gasteiger charge is 2.18. The zero-order chi connectivity index (χ0) is 17.3. The monoisotopic (exact) mass is 363 g/mol. The highest BCUT2D eigenvalue weighted by molar-refractivity contribution is 7.91. The summed E-state index contributed by atoms with van der Waals surface area (Å²) in [5, 5.41) is 4.80. The maximum atomic E-state index is 12.4. The van der Waals surface area contributed by atoms with Gasteiger partial charge in [0.1, 0.15) is 4.88 Å². The molecule has 0 saturated carbocycles. The van der Waals surface area contributed by atoms with Crippen LogP contribution in [0.25, 0.3) is 10.8 Å². The van der Waals surface area contributed by atoms with Gasteiger partial charge in [0.05, 0.1) is 21.3 Å². The molecule has 0 spiro atoms. The van der Waals surface area contributed by atoms with Crippen LogP contribution < -0.4 is 0 Å². The molecule has 0 aliphatic heterocycles. The molecule has 8 heteroatoms. The number of benzene rings is 1. The summed E-state index contributed by atoms with van der Waals surface area (Å²) in [6.45, 7) is 5.71. The Bertz CT molecular complexity index is 957. The summed E-state index contributed by atoms with van der Waals surface area (Å²) in [6.07, 6.45) is 0.205. The molecule has 2 aromatic heterocycles. The van der Waals surface area contributed by atoms with Gasteiger partial charge in [-0.2, -0.15) is 4.98 Å². The van der Waals surface area contributed by atoms with Crippen molar-refractivity contribution in [2.75, 3.05) is 5.75 Å². The number of thiazole rings is 1. The van der Waals surface area contributed by atoms with E-state index in [0.29, 0.717) is 16.6 Å². The molecule has 0 radical (unpaired) electrons. The molecular weight excluding hydrogens is 346 g/mol. The highest BCUT2D eigenvalue weighted by atomic mass is 32.2. The van der Waals surface area contributed by atoms with Gasteiger partial charge >= 0.3 is 0 Å². The number of hydrogen-bond donors (Lipinski definition) is 0. The Morgan fingerprint density at radius 3 is 2.42 bits per heavy atom. The molecule has 0 aliphatic rings. The van der Waals surface area contributed by atoms with Crippen LogP contribution in [0.4, 0.5) is 0 Å². The van der Waals surface area contributed by atoms with Crippen LogP contribution in [0, 0.1) is 20.8 Å². The fraction of sp³-hybridized carbons (Fsp3) is 0.312.